The minimum absolute atomic E-state index is 0.167. The summed E-state index contributed by atoms with van der Waals surface area (Å²) in [6, 6.07) is 6.93. The van der Waals surface area contributed by atoms with E-state index < -0.39 is 5.72 Å². The second kappa shape index (κ2) is 11.7. The van der Waals surface area contributed by atoms with Crippen LogP contribution in [0, 0.1) is 5.92 Å². The standard InChI is InChI=1S/C10H13BrN2O2.C4H10.CH4O/c1-13-9(14)6-10(12,15)7-3-2-4-8(11)5-7;1-4(2)3;1-2/h2-5,15H,6,12H2,1H3,(H,13,14);4H,1-3H3;2H,1H3/t10-;;/m1../s1. The summed E-state index contributed by atoms with van der Waals surface area (Å²) in [6.45, 7) is 6.50. The fraction of sp³-hybridized carbons (Fsp3) is 0.533. The molecule has 0 saturated carbocycles. The smallest absolute Gasteiger partial charge is 0.224 e. The third kappa shape index (κ3) is 11.4. The summed E-state index contributed by atoms with van der Waals surface area (Å²) >= 11 is 3.27. The number of amides is 1. The number of nitrogens with two attached hydrogens (primary N) is 1. The molecule has 0 saturated heterocycles. The van der Waals surface area contributed by atoms with Crippen LogP contribution in [0.3, 0.4) is 0 Å². The van der Waals surface area contributed by atoms with Gasteiger partial charge in [-0.25, -0.2) is 0 Å². The lowest BCUT2D eigenvalue weighted by molar-refractivity contribution is -0.125. The van der Waals surface area contributed by atoms with Crippen LogP contribution < -0.4 is 11.1 Å². The molecule has 1 aromatic rings. The van der Waals surface area contributed by atoms with Gasteiger partial charge in [0.2, 0.25) is 5.91 Å². The van der Waals surface area contributed by atoms with E-state index in [-0.39, 0.29) is 12.3 Å². The number of hydrogen-bond acceptors (Lipinski definition) is 4. The van der Waals surface area contributed by atoms with Gasteiger partial charge >= 0.3 is 0 Å². The predicted molar refractivity (Wildman–Crippen MR) is 89.6 cm³/mol. The van der Waals surface area contributed by atoms with Crippen molar-refractivity contribution in [1.29, 1.82) is 0 Å². The predicted octanol–water partition coefficient (Wildman–Crippen LogP) is 1.96. The molecular formula is C15H27BrN2O3. The van der Waals surface area contributed by atoms with E-state index >= 15 is 0 Å². The van der Waals surface area contributed by atoms with Crippen LogP contribution in [0.5, 0.6) is 0 Å². The summed E-state index contributed by atoms with van der Waals surface area (Å²) in [6.07, 6.45) is -0.167. The van der Waals surface area contributed by atoms with Crippen LogP contribution in [-0.2, 0) is 10.5 Å². The molecule has 0 spiro atoms. The number of hydrogen-bond donors (Lipinski definition) is 4. The summed E-state index contributed by atoms with van der Waals surface area (Å²) in [5.41, 5.74) is 4.52. The molecule has 5 nitrogen and oxygen atoms in total. The fourth-order valence-electron chi connectivity index (χ4n) is 1.19. The van der Waals surface area contributed by atoms with E-state index in [1.54, 1.807) is 18.2 Å². The van der Waals surface area contributed by atoms with Gasteiger partial charge < -0.3 is 15.5 Å². The van der Waals surface area contributed by atoms with E-state index in [0.29, 0.717) is 5.56 Å². The number of rotatable bonds is 3. The van der Waals surface area contributed by atoms with Crippen LogP contribution in [-0.4, -0.2) is 30.3 Å². The van der Waals surface area contributed by atoms with Gasteiger partial charge in [-0.05, 0) is 23.6 Å². The summed E-state index contributed by atoms with van der Waals surface area (Å²) in [5, 5.41) is 19.3. The highest BCUT2D eigenvalue weighted by Crippen LogP contribution is 2.22. The molecule has 0 aliphatic carbocycles. The first-order valence-electron chi connectivity index (χ1n) is 6.61. The molecule has 0 radical (unpaired) electrons. The monoisotopic (exact) mass is 362 g/mol. The summed E-state index contributed by atoms with van der Waals surface area (Å²) < 4.78 is 0.806. The Morgan fingerprint density at radius 1 is 1.38 bits per heavy atom. The molecule has 0 aromatic heterocycles. The molecule has 0 bridgehead atoms. The van der Waals surface area contributed by atoms with Crippen molar-refractivity contribution in [2.24, 2.45) is 11.7 Å². The molecule has 0 heterocycles. The summed E-state index contributed by atoms with van der Waals surface area (Å²) in [5.74, 6) is 0.528. The molecule has 5 N–H and O–H groups in total. The van der Waals surface area contributed by atoms with Crippen LogP contribution in [0.15, 0.2) is 28.7 Å². The SMILES string of the molecule is CC(C)C.CNC(=O)C[C@@](N)(O)c1cccc(Br)c1.CO. The number of aliphatic hydroxyl groups is 2. The zero-order valence-electron chi connectivity index (χ0n) is 13.4. The van der Waals surface area contributed by atoms with E-state index in [1.165, 1.54) is 7.05 Å². The van der Waals surface area contributed by atoms with E-state index in [2.05, 4.69) is 42.0 Å². The lowest BCUT2D eigenvalue weighted by Crippen LogP contribution is -2.41. The number of benzene rings is 1. The third-order valence-electron chi connectivity index (χ3n) is 2.03. The Morgan fingerprint density at radius 2 is 1.86 bits per heavy atom. The highest BCUT2D eigenvalue weighted by atomic mass is 79.9. The van der Waals surface area contributed by atoms with Crippen LogP contribution in [0.1, 0.15) is 32.8 Å². The molecule has 0 aliphatic heterocycles. The minimum Gasteiger partial charge on any atom is -0.400 e. The lowest BCUT2D eigenvalue weighted by atomic mass is 10.0. The normalized spacial score (nSPS) is 12.3. The van der Waals surface area contributed by atoms with Crippen LogP contribution >= 0.6 is 15.9 Å². The van der Waals surface area contributed by atoms with Crippen molar-refractivity contribution in [3.8, 4) is 0 Å². The van der Waals surface area contributed by atoms with Gasteiger partial charge in [0.1, 0.15) is 5.72 Å². The fourth-order valence-corrected chi connectivity index (χ4v) is 1.59. The maximum atomic E-state index is 11.1. The molecular weight excluding hydrogens is 336 g/mol. The first kappa shape index (κ1) is 22.3. The average Bonchev–Trinajstić information content (AvgIpc) is 2.40. The van der Waals surface area contributed by atoms with Crippen molar-refractivity contribution < 1.29 is 15.0 Å². The molecule has 0 aliphatic rings. The Kier molecular flexibility index (Phi) is 12.4. The maximum Gasteiger partial charge on any atom is 0.224 e. The van der Waals surface area contributed by atoms with E-state index in [9.17, 15) is 9.90 Å². The molecule has 0 fully saturated rings. The average molecular weight is 363 g/mol. The first-order valence-corrected chi connectivity index (χ1v) is 7.41. The lowest BCUT2D eigenvalue weighted by Gasteiger charge is -2.22. The third-order valence-corrected chi connectivity index (χ3v) is 2.53. The second-order valence-corrected chi connectivity index (χ2v) is 5.93. The van der Waals surface area contributed by atoms with Crippen LogP contribution in [0.25, 0.3) is 0 Å². The Hall–Kier alpha value is -0.950. The van der Waals surface area contributed by atoms with Crippen molar-refractivity contribution in [3.63, 3.8) is 0 Å². The Balaban J connectivity index is 0. The van der Waals surface area contributed by atoms with Crippen molar-refractivity contribution in [2.75, 3.05) is 14.2 Å². The number of carbonyl (C=O) groups excluding carboxylic acids is 1. The van der Waals surface area contributed by atoms with Gasteiger partial charge in [0.05, 0.1) is 6.42 Å². The maximum absolute atomic E-state index is 11.1. The number of nitrogens with one attached hydrogen (secondary N) is 1. The zero-order valence-corrected chi connectivity index (χ0v) is 14.9. The van der Waals surface area contributed by atoms with Gasteiger partial charge in [-0.2, -0.15) is 0 Å². The van der Waals surface area contributed by atoms with Crippen LogP contribution in [0.2, 0.25) is 0 Å². The number of halogens is 1. The van der Waals surface area contributed by atoms with E-state index in [4.69, 9.17) is 10.8 Å². The molecule has 1 amide bonds. The highest BCUT2D eigenvalue weighted by Gasteiger charge is 2.26. The number of aliphatic hydroxyl groups excluding tert-OH is 1. The van der Waals surface area contributed by atoms with Crippen molar-refractivity contribution in [2.45, 2.75) is 32.9 Å². The number of carbonyl (C=O) groups is 1. The van der Waals surface area contributed by atoms with Gasteiger partial charge in [0.15, 0.2) is 0 Å². The Labute approximate surface area is 135 Å². The Morgan fingerprint density at radius 3 is 2.24 bits per heavy atom. The Bertz CT molecular complexity index is 407. The molecule has 1 atom stereocenters. The van der Waals surface area contributed by atoms with Crippen LogP contribution in [0.4, 0.5) is 0 Å². The second-order valence-electron chi connectivity index (χ2n) is 5.02. The summed E-state index contributed by atoms with van der Waals surface area (Å²) in [7, 11) is 2.50. The van der Waals surface area contributed by atoms with Gasteiger partial charge in [-0.15, -0.1) is 0 Å². The largest absolute Gasteiger partial charge is 0.400 e. The van der Waals surface area contributed by atoms with E-state index in [0.717, 1.165) is 17.5 Å². The molecule has 122 valence electrons. The highest BCUT2D eigenvalue weighted by molar-refractivity contribution is 9.10. The molecule has 21 heavy (non-hydrogen) atoms. The first-order chi connectivity index (χ1) is 9.69. The van der Waals surface area contributed by atoms with Crippen molar-refractivity contribution >= 4 is 21.8 Å². The molecule has 6 heteroatoms. The molecule has 1 aromatic carbocycles. The summed E-state index contributed by atoms with van der Waals surface area (Å²) in [4.78, 5) is 11.1. The van der Waals surface area contributed by atoms with Gasteiger partial charge in [-0.1, -0.05) is 48.8 Å². The van der Waals surface area contributed by atoms with Gasteiger partial charge in [0, 0.05) is 18.6 Å². The van der Waals surface area contributed by atoms with Gasteiger partial charge in [-0.3, -0.25) is 10.5 Å². The zero-order chi connectivity index (χ0) is 17.1. The van der Waals surface area contributed by atoms with Gasteiger partial charge in [0.25, 0.3) is 0 Å². The quantitative estimate of drug-likeness (QED) is 0.618. The molecule has 0 unspecified atom stereocenters. The van der Waals surface area contributed by atoms with E-state index in [1.807, 2.05) is 6.07 Å². The molecule has 1 rings (SSSR count). The minimum atomic E-state index is -1.64. The van der Waals surface area contributed by atoms with Crippen molar-refractivity contribution in [3.05, 3.63) is 34.3 Å². The topological polar surface area (TPSA) is 95.6 Å². The van der Waals surface area contributed by atoms with Crippen molar-refractivity contribution in [1.82, 2.24) is 5.32 Å².